The molecule has 136 valence electrons. The van der Waals surface area contributed by atoms with Crippen molar-refractivity contribution < 1.29 is 27.5 Å². The zero-order valence-corrected chi connectivity index (χ0v) is 14.7. The third-order valence-electron chi connectivity index (χ3n) is 3.69. The lowest BCUT2D eigenvalue weighted by Gasteiger charge is -2.26. The van der Waals surface area contributed by atoms with Gasteiger partial charge < -0.3 is 4.74 Å². The van der Waals surface area contributed by atoms with Crippen LogP contribution in [0.2, 0.25) is 0 Å². The molecule has 1 fully saturated rings. The molecule has 2 aromatic carbocycles. The Balaban J connectivity index is 1.76. The first-order valence-corrected chi connectivity index (χ1v) is 8.29. The van der Waals surface area contributed by atoms with E-state index in [4.69, 9.17) is 4.74 Å². The van der Waals surface area contributed by atoms with Crippen LogP contribution < -0.4 is 15.0 Å². The van der Waals surface area contributed by atoms with E-state index in [1.54, 1.807) is 18.2 Å². The number of halogens is 4. The van der Waals surface area contributed by atoms with Gasteiger partial charge in [0.2, 0.25) is 5.91 Å². The molecule has 0 aliphatic carbocycles. The highest BCUT2D eigenvalue weighted by Crippen LogP contribution is 2.35. The van der Waals surface area contributed by atoms with Crippen molar-refractivity contribution in [2.24, 2.45) is 0 Å². The SMILES string of the molecule is O=C1CCN(c2ccc(Oc3ccc(C(F)(F)F)cc3)c(Br)c2)C(=O)N1. The van der Waals surface area contributed by atoms with Gasteiger partial charge in [0.15, 0.2) is 0 Å². The molecule has 0 atom stereocenters. The Labute approximate surface area is 154 Å². The van der Waals surface area contributed by atoms with Gasteiger partial charge in [-0.3, -0.25) is 15.0 Å². The summed E-state index contributed by atoms with van der Waals surface area (Å²) in [5.74, 6) is 0.294. The molecule has 1 heterocycles. The van der Waals surface area contributed by atoms with Gasteiger partial charge in [-0.25, -0.2) is 4.79 Å². The van der Waals surface area contributed by atoms with Crippen molar-refractivity contribution in [1.29, 1.82) is 0 Å². The first-order chi connectivity index (χ1) is 12.2. The van der Waals surface area contributed by atoms with Gasteiger partial charge in [0.1, 0.15) is 11.5 Å². The molecule has 3 amide bonds. The fourth-order valence-corrected chi connectivity index (χ4v) is 2.84. The predicted octanol–water partition coefficient (Wildman–Crippen LogP) is 4.71. The van der Waals surface area contributed by atoms with Gasteiger partial charge >= 0.3 is 12.2 Å². The molecule has 0 spiro atoms. The Kier molecular flexibility index (Phi) is 4.90. The number of amides is 3. The second-order valence-electron chi connectivity index (χ2n) is 5.49. The van der Waals surface area contributed by atoms with Gasteiger partial charge in [-0.15, -0.1) is 0 Å². The molecule has 1 aliphatic heterocycles. The summed E-state index contributed by atoms with van der Waals surface area (Å²) in [5.41, 5.74) is -0.202. The first-order valence-electron chi connectivity index (χ1n) is 7.50. The minimum atomic E-state index is -4.41. The summed E-state index contributed by atoms with van der Waals surface area (Å²) in [4.78, 5) is 24.5. The van der Waals surface area contributed by atoms with Crippen LogP contribution in [0.5, 0.6) is 11.5 Å². The second-order valence-corrected chi connectivity index (χ2v) is 6.35. The molecular formula is C17H12BrF3N2O3. The van der Waals surface area contributed by atoms with Gasteiger partial charge in [-0.2, -0.15) is 13.2 Å². The molecule has 0 aromatic heterocycles. The third kappa shape index (κ3) is 3.98. The lowest BCUT2D eigenvalue weighted by atomic mass is 10.2. The molecule has 26 heavy (non-hydrogen) atoms. The van der Waals surface area contributed by atoms with Crippen molar-refractivity contribution in [2.45, 2.75) is 12.6 Å². The Morgan fingerprint density at radius 2 is 1.77 bits per heavy atom. The van der Waals surface area contributed by atoms with Crippen molar-refractivity contribution in [2.75, 3.05) is 11.4 Å². The molecule has 0 radical (unpaired) electrons. The van der Waals surface area contributed by atoms with Crippen LogP contribution in [0.25, 0.3) is 0 Å². The molecule has 0 saturated carbocycles. The maximum Gasteiger partial charge on any atom is 0.416 e. The molecule has 2 aromatic rings. The highest BCUT2D eigenvalue weighted by molar-refractivity contribution is 9.10. The second kappa shape index (κ2) is 6.99. The molecule has 1 saturated heterocycles. The fourth-order valence-electron chi connectivity index (χ4n) is 2.39. The van der Waals surface area contributed by atoms with E-state index in [-0.39, 0.29) is 24.6 Å². The highest BCUT2D eigenvalue weighted by Gasteiger charge is 2.30. The number of rotatable bonds is 3. The zero-order chi connectivity index (χ0) is 18.9. The lowest BCUT2D eigenvalue weighted by Crippen LogP contribution is -2.49. The maximum atomic E-state index is 12.6. The van der Waals surface area contributed by atoms with E-state index in [0.717, 1.165) is 12.1 Å². The number of nitrogens with zero attached hydrogens (tertiary/aromatic N) is 1. The van der Waals surface area contributed by atoms with Crippen LogP contribution >= 0.6 is 15.9 Å². The molecule has 1 aliphatic rings. The third-order valence-corrected chi connectivity index (χ3v) is 4.31. The summed E-state index contributed by atoms with van der Waals surface area (Å²) in [5, 5.41) is 2.23. The standard InChI is InChI=1S/C17H12BrF3N2O3/c18-13-9-11(23-8-7-15(24)22-16(23)25)3-6-14(13)26-12-4-1-10(2-5-12)17(19,20)21/h1-6,9H,7-8H2,(H,22,24,25). The monoisotopic (exact) mass is 428 g/mol. The molecule has 0 bridgehead atoms. The minimum absolute atomic E-state index is 0.202. The van der Waals surface area contributed by atoms with Crippen molar-refractivity contribution in [3.05, 3.63) is 52.5 Å². The molecule has 9 heteroatoms. The van der Waals surface area contributed by atoms with Gasteiger partial charge in [-0.05, 0) is 58.4 Å². The van der Waals surface area contributed by atoms with Gasteiger partial charge in [0.05, 0.1) is 10.0 Å². The van der Waals surface area contributed by atoms with E-state index in [1.807, 2.05) is 0 Å². The van der Waals surface area contributed by atoms with Crippen LogP contribution in [-0.4, -0.2) is 18.5 Å². The molecule has 3 rings (SSSR count). The summed E-state index contributed by atoms with van der Waals surface area (Å²) in [7, 11) is 0. The van der Waals surface area contributed by atoms with E-state index in [2.05, 4.69) is 21.2 Å². The summed E-state index contributed by atoms with van der Waals surface area (Å²) < 4.78 is 43.8. The van der Waals surface area contributed by atoms with Gasteiger partial charge in [0.25, 0.3) is 0 Å². The van der Waals surface area contributed by atoms with Crippen molar-refractivity contribution >= 4 is 33.6 Å². The Morgan fingerprint density at radius 1 is 1.08 bits per heavy atom. The lowest BCUT2D eigenvalue weighted by molar-refractivity contribution is -0.137. The van der Waals surface area contributed by atoms with Crippen LogP contribution in [0.4, 0.5) is 23.7 Å². The van der Waals surface area contributed by atoms with E-state index >= 15 is 0 Å². The van der Waals surface area contributed by atoms with E-state index in [0.29, 0.717) is 15.9 Å². The molecular weight excluding hydrogens is 417 g/mol. The number of ether oxygens (including phenoxy) is 1. The number of imide groups is 1. The van der Waals surface area contributed by atoms with Gasteiger partial charge in [-0.1, -0.05) is 0 Å². The Morgan fingerprint density at radius 3 is 2.35 bits per heavy atom. The number of carbonyl (C=O) groups is 2. The molecule has 5 nitrogen and oxygen atoms in total. The topological polar surface area (TPSA) is 58.6 Å². The number of nitrogens with one attached hydrogen (secondary N) is 1. The van der Waals surface area contributed by atoms with Crippen molar-refractivity contribution in [1.82, 2.24) is 5.32 Å². The predicted molar refractivity (Wildman–Crippen MR) is 91.2 cm³/mol. The van der Waals surface area contributed by atoms with Crippen molar-refractivity contribution in [3.8, 4) is 11.5 Å². The zero-order valence-electron chi connectivity index (χ0n) is 13.1. The summed E-state index contributed by atoms with van der Waals surface area (Å²) in [6.45, 7) is 0.260. The summed E-state index contributed by atoms with van der Waals surface area (Å²) in [6, 6.07) is 8.67. The number of carbonyl (C=O) groups excluding carboxylic acids is 2. The Bertz CT molecular complexity index is 853. The summed E-state index contributed by atoms with van der Waals surface area (Å²) >= 11 is 3.32. The van der Waals surface area contributed by atoms with Crippen LogP contribution in [0.1, 0.15) is 12.0 Å². The average Bonchev–Trinajstić information content (AvgIpc) is 2.56. The van der Waals surface area contributed by atoms with Crippen molar-refractivity contribution in [3.63, 3.8) is 0 Å². The Hall–Kier alpha value is -2.55. The normalized spacial score (nSPS) is 15.0. The fraction of sp³-hybridized carbons (Fsp3) is 0.176. The number of hydrogen-bond donors (Lipinski definition) is 1. The maximum absolute atomic E-state index is 12.6. The minimum Gasteiger partial charge on any atom is -0.456 e. The number of anilines is 1. The number of hydrogen-bond acceptors (Lipinski definition) is 3. The summed E-state index contributed by atoms with van der Waals surface area (Å²) in [6.07, 6.45) is -4.20. The van der Waals surface area contributed by atoms with E-state index in [1.165, 1.54) is 17.0 Å². The van der Waals surface area contributed by atoms with Crippen LogP contribution in [-0.2, 0) is 11.0 Å². The van der Waals surface area contributed by atoms with E-state index in [9.17, 15) is 22.8 Å². The average molecular weight is 429 g/mol. The highest BCUT2D eigenvalue weighted by atomic mass is 79.9. The van der Waals surface area contributed by atoms with Crippen LogP contribution in [0.15, 0.2) is 46.9 Å². The van der Waals surface area contributed by atoms with E-state index < -0.39 is 17.8 Å². The van der Waals surface area contributed by atoms with Gasteiger partial charge in [0, 0.05) is 18.7 Å². The molecule has 1 N–H and O–H groups in total. The van der Waals surface area contributed by atoms with Crippen LogP contribution in [0, 0.1) is 0 Å². The smallest absolute Gasteiger partial charge is 0.416 e. The largest absolute Gasteiger partial charge is 0.456 e. The number of alkyl halides is 3. The first kappa shape index (κ1) is 18.2. The van der Waals surface area contributed by atoms with Crippen LogP contribution in [0.3, 0.4) is 0 Å². The number of urea groups is 1. The molecule has 0 unspecified atom stereocenters. The quantitative estimate of drug-likeness (QED) is 0.770. The number of benzene rings is 2.